The maximum Gasteiger partial charge on any atom is 0.573 e. The molecule has 1 heterocycles. The predicted octanol–water partition coefficient (Wildman–Crippen LogP) is 5.12. The van der Waals surface area contributed by atoms with Gasteiger partial charge in [0, 0.05) is 17.3 Å². The molecule has 0 bridgehead atoms. The number of alkyl halides is 3. The molecular weight excluding hydrogens is 495 g/mol. The lowest BCUT2D eigenvalue weighted by Crippen LogP contribution is -2.47. The van der Waals surface area contributed by atoms with Gasteiger partial charge in [-0.15, -0.1) is 13.2 Å². The molecule has 4 unspecified atom stereocenters. The number of aliphatic hydroxyl groups excluding tert-OH is 1. The molecule has 0 radical (unpaired) electrons. The minimum atomic E-state index is -4.85. The first-order chi connectivity index (χ1) is 17.1. The smallest absolute Gasteiger partial charge is 0.487 e. The van der Waals surface area contributed by atoms with Gasteiger partial charge in [-0.05, 0) is 55.3 Å². The predicted molar refractivity (Wildman–Crippen MR) is 128 cm³/mol. The summed E-state index contributed by atoms with van der Waals surface area (Å²) in [4.78, 5) is 2.03. The standard InChI is InChI=1S/C25H24F3N3O4S/c26-25(27,28)35-17-9-11-18(12-10-17)36(29,33)30-19-13-14-22(24(19)32)31-20-6-2-1-5-16(20)15-34-23-8-4-3-7-21(23)31/h1-12,19,22,24,32H,13-15H2,(H2,29,30,33). The molecule has 3 aromatic rings. The second-order valence-electron chi connectivity index (χ2n) is 8.69. The van der Waals surface area contributed by atoms with Crippen LogP contribution in [0.5, 0.6) is 11.5 Å². The molecule has 1 aliphatic carbocycles. The maximum atomic E-state index is 13.2. The third-order valence-corrected chi connectivity index (χ3v) is 7.95. The number of anilines is 2. The lowest BCUT2D eigenvalue weighted by Gasteiger charge is -2.34. The van der Waals surface area contributed by atoms with Crippen LogP contribution >= 0.6 is 0 Å². The van der Waals surface area contributed by atoms with Gasteiger partial charge in [0.1, 0.15) is 28.0 Å². The second kappa shape index (κ2) is 9.30. The van der Waals surface area contributed by atoms with Crippen molar-refractivity contribution in [2.24, 2.45) is 0 Å². The molecule has 1 aliphatic heterocycles. The molecule has 0 spiro atoms. The van der Waals surface area contributed by atoms with Gasteiger partial charge in [0.25, 0.3) is 0 Å². The number of hydrogen-bond acceptors (Lipinski definition) is 6. The lowest BCUT2D eigenvalue weighted by atomic mass is 10.1. The molecule has 0 aromatic heterocycles. The highest BCUT2D eigenvalue weighted by Crippen LogP contribution is 2.44. The molecule has 36 heavy (non-hydrogen) atoms. The fourth-order valence-electron chi connectivity index (χ4n) is 4.77. The van der Waals surface area contributed by atoms with Crippen LogP contribution in [0.15, 0.2) is 77.7 Å². The van der Waals surface area contributed by atoms with Crippen molar-refractivity contribution in [3.05, 3.63) is 78.4 Å². The van der Waals surface area contributed by atoms with Crippen LogP contribution in [-0.2, 0) is 16.5 Å². The Hall–Kier alpha value is -3.28. The van der Waals surface area contributed by atoms with Gasteiger partial charge in [0.2, 0.25) is 0 Å². The van der Waals surface area contributed by atoms with Gasteiger partial charge in [-0.2, -0.15) is 0 Å². The van der Waals surface area contributed by atoms with Gasteiger partial charge in [-0.1, -0.05) is 30.3 Å². The van der Waals surface area contributed by atoms with Crippen molar-refractivity contribution >= 4 is 21.3 Å². The first-order valence-electron chi connectivity index (χ1n) is 11.3. The van der Waals surface area contributed by atoms with Crippen LogP contribution in [0.25, 0.3) is 0 Å². The van der Waals surface area contributed by atoms with Gasteiger partial charge in [-0.3, -0.25) is 0 Å². The molecule has 0 saturated heterocycles. The Morgan fingerprint density at radius 2 is 1.67 bits per heavy atom. The minimum absolute atomic E-state index is 0.00783. The number of fused-ring (bicyclic) bond motifs is 2. The summed E-state index contributed by atoms with van der Waals surface area (Å²) in [6.07, 6.45) is -4.84. The van der Waals surface area contributed by atoms with Crippen LogP contribution in [0, 0.1) is 4.78 Å². The molecule has 1 saturated carbocycles. The zero-order chi connectivity index (χ0) is 25.5. The van der Waals surface area contributed by atoms with E-state index in [9.17, 15) is 22.5 Å². The number of para-hydroxylation sites is 3. The zero-order valence-electron chi connectivity index (χ0n) is 18.9. The summed E-state index contributed by atoms with van der Waals surface area (Å²) in [5.41, 5.74) is 2.67. The van der Waals surface area contributed by atoms with Gasteiger partial charge in [0.15, 0.2) is 0 Å². The largest absolute Gasteiger partial charge is 0.573 e. The number of nitrogens with zero attached hydrogens (tertiary/aromatic N) is 1. The zero-order valence-corrected chi connectivity index (χ0v) is 19.8. The molecule has 2 aliphatic rings. The summed E-state index contributed by atoms with van der Waals surface area (Å²) < 4.78 is 71.4. The van der Waals surface area contributed by atoms with E-state index in [4.69, 9.17) is 9.52 Å². The molecule has 3 N–H and O–H groups in total. The SMILES string of the molecule is N=S(=O)(NC1CCC(N2c3ccccc3COc3ccccc32)C1O)c1ccc(OC(F)(F)F)cc1. The normalized spacial score (nSPS) is 23.1. The van der Waals surface area contributed by atoms with E-state index >= 15 is 0 Å². The molecular formula is C25H24F3N3O4S. The highest BCUT2D eigenvalue weighted by Gasteiger charge is 2.42. The Labute approximate surface area is 206 Å². The molecule has 4 atom stereocenters. The number of hydrogen-bond donors (Lipinski definition) is 3. The number of halogens is 3. The fraction of sp³-hybridized carbons (Fsp3) is 0.280. The van der Waals surface area contributed by atoms with E-state index in [0.717, 1.165) is 41.2 Å². The first-order valence-corrected chi connectivity index (χ1v) is 12.9. The van der Waals surface area contributed by atoms with Crippen molar-refractivity contribution < 1.29 is 32.0 Å². The van der Waals surface area contributed by atoms with Gasteiger partial charge in [0.05, 0.1) is 22.7 Å². The number of benzene rings is 3. The Balaban J connectivity index is 1.39. The van der Waals surface area contributed by atoms with E-state index in [1.807, 2.05) is 53.4 Å². The van der Waals surface area contributed by atoms with Crippen molar-refractivity contribution in [3.63, 3.8) is 0 Å². The molecule has 5 rings (SSSR count). The molecule has 7 nitrogen and oxygen atoms in total. The van der Waals surface area contributed by atoms with E-state index in [1.165, 1.54) is 0 Å². The topological polar surface area (TPSA) is 94.9 Å². The van der Waals surface area contributed by atoms with E-state index in [1.54, 1.807) is 0 Å². The van der Waals surface area contributed by atoms with Crippen molar-refractivity contribution in [2.45, 2.75) is 48.9 Å². The van der Waals surface area contributed by atoms with Crippen LogP contribution in [0.4, 0.5) is 24.5 Å². The van der Waals surface area contributed by atoms with E-state index in [-0.39, 0.29) is 10.9 Å². The monoisotopic (exact) mass is 519 g/mol. The summed E-state index contributed by atoms with van der Waals surface area (Å²) in [5.74, 6) is 0.214. The van der Waals surface area contributed by atoms with Gasteiger partial charge in [-0.25, -0.2) is 13.7 Å². The van der Waals surface area contributed by atoms with E-state index < -0.39 is 34.2 Å². The lowest BCUT2D eigenvalue weighted by molar-refractivity contribution is -0.274. The average Bonchev–Trinajstić information content (AvgIpc) is 3.08. The third kappa shape index (κ3) is 4.86. The maximum absolute atomic E-state index is 13.2. The van der Waals surface area contributed by atoms with E-state index in [2.05, 4.69) is 9.46 Å². The summed E-state index contributed by atoms with van der Waals surface area (Å²) in [6.45, 7) is 0.378. The summed E-state index contributed by atoms with van der Waals surface area (Å²) in [5, 5.41) is 11.3. The van der Waals surface area contributed by atoms with Crippen LogP contribution in [0.1, 0.15) is 18.4 Å². The van der Waals surface area contributed by atoms with Crippen molar-refractivity contribution in [2.75, 3.05) is 4.90 Å². The Kier molecular flexibility index (Phi) is 6.31. The highest BCUT2D eigenvalue weighted by molar-refractivity contribution is 7.90. The number of ether oxygens (including phenoxy) is 2. The summed E-state index contributed by atoms with van der Waals surface area (Å²) >= 11 is 0. The van der Waals surface area contributed by atoms with Crippen LogP contribution in [-0.4, -0.2) is 33.9 Å². The fourth-order valence-corrected chi connectivity index (χ4v) is 6.11. The Bertz CT molecular complexity index is 1300. The van der Waals surface area contributed by atoms with Crippen molar-refractivity contribution in [1.29, 1.82) is 4.78 Å². The molecule has 3 aromatic carbocycles. The number of nitrogens with one attached hydrogen (secondary N) is 2. The number of aliphatic hydroxyl groups is 1. The van der Waals surface area contributed by atoms with Crippen LogP contribution in [0.2, 0.25) is 0 Å². The highest BCUT2D eigenvalue weighted by atomic mass is 32.2. The average molecular weight is 520 g/mol. The van der Waals surface area contributed by atoms with Gasteiger partial charge >= 0.3 is 6.36 Å². The third-order valence-electron chi connectivity index (χ3n) is 6.38. The molecule has 11 heteroatoms. The van der Waals surface area contributed by atoms with Crippen LogP contribution < -0.4 is 19.1 Å². The van der Waals surface area contributed by atoms with Crippen LogP contribution in [0.3, 0.4) is 0 Å². The van der Waals surface area contributed by atoms with E-state index in [0.29, 0.717) is 25.2 Å². The molecule has 190 valence electrons. The second-order valence-corrected chi connectivity index (χ2v) is 10.5. The quantitative estimate of drug-likeness (QED) is 0.435. The van der Waals surface area contributed by atoms with Crippen molar-refractivity contribution in [3.8, 4) is 11.5 Å². The summed E-state index contributed by atoms with van der Waals surface area (Å²) in [6, 6.07) is 18.6. The Morgan fingerprint density at radius 3 is 2.39 bits per heavy atom. The minimum Gasteiger partial charge on any atom is -0.487 e. The first kappa shape index (κ1) is 24.4. The Morgan fingerprint density at radius 1 is 1.00 bits per heavy atom. The summed E-state index contributed by atoms with van der Waals surface area (Å²) in [7, 11) is -3.61. The number of rotatable bonds is 5. The molecule has 0 amide bonds. The van der Waals surface area contributed by atoms with Crippen molar-refractivity contribution in [1.82, 2.24) is 4.72 Å². The molecule has 1 fully saturated rings. The van der Waals surface area contributed by atoms with Gasteiger partial charge < -0.3 is 19.5 Å².